The van der Waals surface area contributed by atoms with Crippen LogP contribution in [-0.2, 0) is 22.5 Å². The van der Waals surface area contributed by atoms with E-state index in [0.29, 0.717) is 6.54 Å². The quantitative estimate of drug-likeness (QED) is 0.777. The van der Waals surface area contributed by atoms with Gasteiger partial charge < -0.3 is 13.7 Å². The van der Waals surface area contributed by atoms with Crippen LogP contribution < -0.4 is 0 Å². The highest BCUT2D eigenvalue weighted by molar-refractivity contribution is 5.72. The Hall–Kier alpha value is -2.04. The van der Waals surface area contributed by atoms with Crippen LogP contribution in [0.25, 0.3) is 11.6 Å². The summed E-state index contributed by atoms with van der Waals surface area (Å²) in [6.45, 7) is 2.51. The smallest absolute Gasteiger partial charge is 0.310 e. The Morgan fingerprint density at radius 1 is 1.53 bits per heavy atom. The molecule has 0 radical (unpaired) electrons. The molecule has 100 valence electrons. The molecular weight excluding hydrogens is 244 g/mol. The van der Waals surface area contributed by atoms with Crippen molar-refractivity contribution in [3.63, 3.8) is 0 Å². The van der Waals surface area contributed by atoms with Crippen LogP contribution in [0, 0.1) is 12.8 Å². The molecule has 3 heterocycles. The van der Waals surface area contributed by atoms with Crippen LogP contribution in [0.1, 0.15) is 17.9 Å². The van der Waals surface area contributed by atoms with Crippen molar-refractivity contribution < 1.29 is 13.9 Å². The van der Waals surface area contributed by atoms with Gasteiger partial charge in [-0.25, -0.2) is 4.98 Å². The second-order valence-electron chi connectivity index (χ2n) is 4.85. The fourth-order valence-electron chi connectivity index (χ4n) is 2.56. The highest BCUT2D eigenvalue weighted by atomic mass is 16.5. The number of rotatable bonds is 2. The van der Waals surface area contributed by atoms with E-state index in [2.05, 4.69) is 9.55 Å². The minimum atomic E-state index is -0.152. The summed E-state index contributed by atoms with van der Waals surface area (Å²) in [6, 6.07) is 3.82. The van der Waals surface area contributed by atoms with Gasteiger partial charge in [-0.1, -0.05) is 0 Å². The first-order valence-electron chi connectivity index (χ1n) is 6.38. The SMILES string of the molecule is COC(=O)C1CCc2cnc(-c3ccc(C)o3)n2C1. The number of methoxy groups -OCH3 is 1. The molecule has 0 saturated heterocycles. The molecule has 1 aliphatic heterocycles. The van der Waals surface area contributed by atoms with Crippen molar-refractivity contribution in [1.29, 1.82) is 0 Å². The number of aromatic nitrogens is 2. The van der Waals surface area contributed by atoms with Gasteiger partial charge in [0.25, 0.3) is 0 Å². The molecule has 0 aromatic carbocycles. The van der Waals surface area contributed by atoms with Crippen molar-refractivity contribution in [2.75, 3.05) is 7.11 Å². The molecule has 0 saturated carbocycles. The lowest BCUT2D eigenvalue weighted by atomic mass is 9.98. The van der Waals surface area contributed by atoms with Gasteiger partial charge in [0.1, 0.15) is 5.76 Å². The van der Waals surface area contributed by atoms with Gasteiger partial charge in [-0.2, -0.15) is 0 Å². The summed E-state index contributed by atoms with van der Waals surface area (Å²) < 4.78 is 12.5. The van der Waals surface area contributed by atoms with E-state index in [0.717, 1.165) is 35.9 Å². The number of fused-ring (bicyclic) bond motifs is 1. The summed E-state index contributed by atoms with van der Waals surface area (Å²) in [5.74, 6) is 2.14. The Morgan fingerprint density at radius 2 is 2.37 bits per heavy atom. The number of furan rings is 1. The number of imidazole rings is 1. The minimum absolute atomic E-state index is 0.0958. The maximum Gasteiger partial charge on any atom is 0.310 e. The topological polar surface area (TPSA) is 57.3 Å². The van der Waals surface area contributed by atoms with Crippen LogP contribution in [0.2, 0.25) is 0 Å². The zero-order valence-electron chi connectivity index (χ0n) is 11.0. The Kier molecular flexibility index (Phi) is 2.89. The van der Waals surface area contributed by atoms with E-state index in [1.165, 1.54) is 7.11 Å². The van der Waals surface area contributed by atoms with Crippen molar-refractivity contribution in [2.45, 2.75) is 26.3 Å². The van der Waals surface area contributed by atoms with Gasteiger partial charge in [-0.05, 0) is 31.9 Å². The van der Waals surface area contributed by atoms with Crippen molar-refractivity contribution in [3.8, 4) is 11.6 Å². The fraction of sp³-hybridized carbons (Fsp3) is 0.429. The van der Waals surface area contributed by atoms with E-state index in [-0.39, 0.29) is 11.9 Å². The van der Waals surface area contributed by atoms with Crippen LogP contribution in [0.4, 0.5) is 0 Å². The van der Waals surface area contributed by atoms with Crippen molar-refractivity contribution in [3.05, 3.63) is 29.8 Å². The van der Waals surface area contributed by atoms with Crippen LogP contribution in [0.5, 0.6) is 0 Å². The average molecular weight is 260 g/mol. The van der Waals surface area contributed by atoms with Gasteiger partial charge in [-0.3, -0.25) is 4.79 Å². The molecule has 3 rings (SSSR count). The Bertz CT molecular complexity index is 612. The number of carbonyl (C=O) groups is 1. The van der Waals surface area contributed by atoms with Gasteiger partial charge >= 0.3 is 5.97 Å². The summed E-state index contributed by atoms with van der Waals surface area (Å²) in [4.78, 5) is 16.1. The monoisotopic (exact) mass is 260 g/mol. The lowest BCUT2D eigenvalue weighted by molar-refractivity contribution is -0.146. The number of esters is 1. The van der Waals surface area contributed by atoms with Crippen molar-refractivity contribution in [1.82, 2.24) is 9.55 Å². The third kappa shape index (κ3) is 2.05. The van der Waals surface area contributed by atoms with E-state index < -0.39 is 0 Å². The van der Waals surface area contributed by atoms with E-state index in [9.17, 15) is 4.79 Å². The van der Waals surface area contributed by atoms with E-state index in [1.54, 1.807) is 0 Å². The van der Waals surface area contributed by atoms with Crippen LogP contribution in [0.15, 0.2) is 22.7 Å². The Labute approximate surface area is 111 Å². The number of hydrogen-bond donors (Lipinski definition) is 0. The summed E-state index contributed by atoms with van der Waals surface area (Å²) in [6.07, 6.45) is 3.52. The fourth-order valence-corrected chi connectivity index (χ4v) is 2.56. The lowest BCUT2D eigenvalue weighted by Gasteiger charge is -2.23. The van der Waals surface area contributed by atoms with E-state index in [1.807, 2.05) is 25.3 Å². The van der Waals surface area contributed by atoms with E-state index in [4.69, 9.17) is 9.15 Å². The minimum Gasteiger partial charge on any atom is -0.469 e. The molecule has 5 nitrogen and oxygen atoms in total. The number of ether oxygens (including phenoxy) is 1. The lowest BCUT2D eigenvalue weighted by Crippen LogP contribution is -2.27. The molecule has 0 fully saturated rings. The first kappa shape index (κ1) is 12.0. The van der Waals surface area contributed by atoms with Crippen molar-refractivity contribution >= 4 is 5.97 Å². The molecule has 1 aliphatic rings. The normalized spacial score (nSPS) is 18.1. The first-order valence-corrected chi connectivity index (χ1v) is 6.38. The summed E-state index contributed by atoms with van der Waals surface area (Å²) in [7, 11) is 1.43. The molecule has 0 aliphatic carbocycles. The van der Waals surface area contributed by atoms with E-state index >= 15 is 0 Å². The number of hydrogen-bond acceptors (Lipinski definition) is 4. The second-order valence-corrected chi connectivity index (χ2v) is 4.85. The molecule has 0 bridgehead atoms. The largest absolute Gasteiger partial charge is 0.469 e. The first-order chi connectivity index (χ1) is 9.19. The van der Waals surface area contributed by atoms with Crippen LogP contribution >= 0.6 is 0 Å². The molecule has 5 heteroatoms. The van der Waals surface area contributed by atoms with Gasteiger partial charge in [0, 0.05) is 18.4 Å². The number of aryl methyl sites for hydroxylation is 2. The summed E-state index contributed by atoms with van der Waals surface area (Å²) in [5.41, 5.74) is 1.14. The highest BCUT2D eigenvalue weighted by Crippen LogP contribution is 2.28. The molecule has 0 spiro atoms. The zero-order chi connectivity index (χ0) is 13.4. The summed E-state index contributed by atoms with van der Waals surface area (Å²) in [5, 5.41) is 0. The molecule has 0 N–H and O–H groups in total. The van der Waals surface area contributed by atoms with Gasteiger partial charge in [0.05, 0.1) is 13.0 Å². The zero-order valence-corrected chi connectivity index (χ0v) is 11.0. The molecule has 19 heavy (non-hydrogen) atoms. The van der Waals surface area contributed by atoms with Crippen molar-refractivity contribution in [2.24, 2.45) is 5.92 Å². The maximum atomic E-state index is 11.7. The molecule has 1 unspecified atom stereocenters. The predicted molar refractivity (Wildman–Crippen MR) is 68.5 cm³/mol. The molecule has 2 aromatic rings. The average Bonchev–Trinajstić information content (AvgIpc) is 3.02. The third-order valence-corrected chi connectivity index (χ3v) is 3.59. The Balaban J connectivity index is 1.94. The number of nitrogens with zero attached hydrogens (tertiary/aromatic N) is 2. The molecule has 2 aromatic heterocycles. The summed E-state index contributed by atoms with van der Waals surface area (Å²) >= 11 is 0. The van der Waals surface area contributed by atoms with Crippen LogP contribution in [-0.4, -0.2) is 22.6 Å². The van der Waals surface area contributed by atoms with Gasteiger partial charge in [-0.15, -0.1) is 0 Å². The standard InChI is InChI=1S/C14H16N2O3/c1-9-3-6-12(19-9)13-15-7-11-5-4-10(8-16(11)13)14(17)18-2/h3,6-7,10H,4-5,8H2,1-2H3. The second kappa shape index (κ2) is 4.57. The van der Waals surface area contributed by atoms with Gasteiger partial charge in [0.2, 0.25) is 0 Å². The number of carbonyl (C=O) groups excluding carboxylic acids is 1. The Morgan fingerprint density at radius 3 is 3.05 bits per heavy atom. The molecule has 0 amide bonds. The highest BCUT2D eigenvalue weighted by Gasteiger charge is 2.28. The van der Waals surface area contributed by atoms with Gasteiger partial charge in [0.15, 0.2) is 11.6 Å². The molecular formula is C14H16N2O3. The molecule has 1 atom stereocenters. The van der Waals surface area contributed by atoms with Crippen LogP contribution in [0.3, 0.4) is 0 Å². The third-order valence-electron chi connectivity index (χ3n) is 3.59. The predicted octanol–water partition coefficient (Wildman–Crippen LogP) is 2.19. The maximum absolute atomic E-state index is 11.7.